The summed E-state index contributed by atoms with van der Waals surface area (Å²) in [6, 6.07) is 2.79. The molecule has 0 aliphatic rings. The first-order valence-corrected chi connectivity index (χ1v) is 4.21. The van der Waals surface area contributed by atoms with Crippen molar-refractivity contribution in [1.29, 1.82) is 0 Å². The first-order valence-electron chi connectivity index (χ1n) is 4.21. The van der Waals surface area contributed by atoms with Gasteiger partial charge >= 0.3 is 5.88 Å². The van der Waals surface area contributed by atoms with Gasteiger partial charge in [-0.1, -0.05) is 0 Å². The van der Waals surface area contributed by atoms with E-state index in [9.17, 15) is 10.1 Å². The highest BCUT2D eigenvalue weighted by atomic mass is 16.6. The van der Waals surface area contributed by atoms with Crippen molar-refractivity contribution in [2.45, 2.75) is 19.5 Å². The molecule has 6 heteroatoms. The molecule has 0 aliphatic heterocycles. The number of hydrogen-bond acceptors (Lipinski definition) is 5. The molecule has 0 saturated heterocycles. The number of aliphatic hydroxyl groups excluding tert-OH is 1. The summed E-state index contributed by atoms with van der Waals surface area (Å²) in [6.07, 6.45) is 0. The van der Waals surface area contributed by atoms with Crippen LogP contribution in [0, 0.1) is 10.1 Å². The van der Waals surface area contributed by atoms with Gasteiger partial charge in [0.1, 0.15) is 10.7 Å². The van der Waals surface area contributed by atoms with Gasteiger partial charge in [0.15, 0.2) is 0 Å². The number of nitrogens with one attached hydrogen (secondary N) is 1. The summed E-state index contributed by atoms with van der Waals surface area (Å²) >= 11 is 0. The zero-order chi connectivity index (χ0) is 10.6. The van der Waals surface area contributed by atoms with Gasteiger partial charge in [0.25, 0.3) is 0 Å². The van der Waals surface area contributed by atoms with E-state index in [4.69, 9.17) is 9.52 Å². The van der Waals surface area contributed by atoms with Gasteiger partial charge in [0.05, 0.1) is 19.2 Å². The van der Waals surface area contributed by atoms with E-state index in [1.807, 2.05) is 0 Å². The zero-order valence-corrected chi connectivity index (χ0v) is 7.77. The average molecular weight is 200 g/mol. The van der Waals surface area contributed by atoms with Gasteiger partial charge in [-0.05, 0) is 13.0 Å². The fraction of sp³-hybridized carbons (Fsp3) is 0.500. The summed E-state index contributed by atoms with van der Waals surface area (Å²) < 4.78 is 4.90. The highest BCUT2D eigenvalue weighted by molar-refractivity contribution is 5.17. The fourth-order valence-electron chi connectivity index (χ4n) is 0.899. The Balaban J connectivity index is 2.48. The minimum absolute atomic E-state index is 0.0167. The lowest BCUT2D eigenvalue weighted by Crippen LogP contribution is -2.28. The van der Waals surface area contributed by atoms with Crippen LogP contribution in [0.25, 0.3) is 0 Å². The fourth-order valence-corrected chi connectivity index (χ4v) is 0.899. The quantitative estimate of drug-likeness (QED) is 0.538. The maximum Gasteiger partial charge on any atom is 0.433 e. The third-order valence-corrected chi connectivity index (χ3v) is 1.73. The molecule has 2 N–H and O–H groups in total. The Morgan fingerprint density at radius 1 is 1.71 bits per heavy atom. The molecule has 14 heavy (non-hydrogen) atoms. The normalized spacial score (nSPS) is 12.7. The third-order valence-electron chi connectivity index (χ3n) is 1.73. The lowest BCUT2D eigenvalue weighted by Gasteiger charge is -2.07. The van der Waals surface area contributed by atoms with E-state index in [-0.39, 0.29) is 18.5 Å². The van der Waals surface area contributed by atoms with Crippen LogP contribution < -0.4 is 5.32 Å². The van der Waals surface area contributed by atoms with Crippen molar-refractivity contribution in [3.8, 4) is 0 Å². The van der Waals surface area contributed by atoms with Crippen molar-refractivity contribution >= 4 is 5.88 Å². The molecule has 0 spiro atoms. The maximum atomic E-state index is 10.3. The van der Waals surface area contributed by atoms with Crippen molar-refractivity contribution in [3.63, 3.8) is 0 Å². The molecule has 0 saturated carbocycles. The van der Waals surface area contributed by atoms with Crippen molar-refractivity contribution < 1.29 is 14.4 Å². The highest BCUT2D eigenvalue weighted by Gasteiger charge is 2.11. The SMILES string of the molecule is C[C@H](CO)NCc1ccc([N+](=O)[O-])o1. The molecule has 0 unspecified atom stereocenters. The summed E-state index contributed by atoms with van der Waals surface area (Å²) in [4.78, 5) is 9.68. The number of hydrogen-bond donors (Lipinski definition) is 2. The maximum absolute atomic E-state index is 10.3. The summed E-state index contributed by atoms with van der Waals surface area (Å²) in [5, 5.41) is 21.9. The Hall–Kier alpha value is -1.40. The van der Waals surface area contributed by atoms with Crippen molar-refractivity contribution in [3.05, 3.63) is 28.0 Å². The van der Waals surface area contributed by atoms with Gasteiger partial charge in [-0.25, -0.2) is 0 Å². The summed E-state index contributed by atoms with van der Waals surface area (Å²) in [5.74, 6) is 0.218. The van der Waals surface area contributed by atoms with Crippen LogP contribution in [-0.2, 0) is 6.54 Å². The molecule has 0 bridgehead atoms. The minimum Gasteiger partial charge on any atom is -0.404 e. The number of rotatable bonds is 5. The monoisotopic (exact) mass is 200 g/mol. The van der Waals surface area contributed by atoms with Crippen LogP contribution in [0.5, 0.6) is 0 Å². The Labute approximate surface area is 80.7 Å². The van der Waals surface area contributed by atoms with Crippen molar-refractivity contribution in [2.75, 3.05) is 6.61 Å². The molecule has 0 radical (unpaired) electrons. The van der Waals surface area contributed by atoms with Crippen LogP contribution >= 0.6 is 0 Å². The Morgan fingerprint density at radius 2 is 2.43 bits per heavy atom. The topological polar surface area (TPSA) is 88.5 Å². The molecule has 0 aromatic carbocycles. The predicted molar refractivity (Wildman–Crippen MR) is 48.7 cm³/mol. The van der Waals surface area contributed by atoms with Crippen LogP contribution in [0.4, 0.5) is 5.88 Å². The first kappa shape index (κ1) is 10.7. The van der Waals surface area contributed by atoms with Crippen LogP contribution in [0.1, 0.15) is 12.7 Å². The molecule has 0 fully saturated rings. The van der Waals surface area contributed by atoms with Gasteiger partial charge in [0.2, 0.25) is 0 Å². The molecule has 78 valence electrons. The molecular weight excluding hydrogens is 188 g/mol. The van der Waals surface area contributed by atoms with Crippen molar-refractivity contribution in [1.82, 2.24) is 5.32 Å². The molecule has 1 heterocycles. The van der Waals surface area contributed by atoms with E-state index in [2.05, 4.69) is 5.32 Å². The zero-order valence-electron chi connectivity index (χ0n) is 7.77. The van der Waals surface area contributed by atoms with Crippen LogP contribution in [0.15, 0.2) is 16.5 Å². The van der Waals surface area contributed by atoms with E-state index < -0.39 is 4.92 Å². The van der Waals surface area contributed by atoms with E-state index >= 15 is 0 Å². The van der Waals surface area contributed by atoms with Crippen LogP contribution in [-0.4, -0.2) is 22.7 Å². The summed E-state index contributed by atoms with van der Waals surface area (Å²) in [5.41, 5.74) is 0. The number of furan rings is 1. The van der Waals surface area contributed by atoms with Gasteiger partial charge in [-0.2, -0.15) is 0 Å². The van der Waals surface area contributed by atoms with Gasteiger partial charge < -0.3 is 14.8 Å². The molecule has 1 atom stereocenters. The van der Waals surface area contributed by atoms with Gasteiger partial charge in [0, 0.05) is 6.04 Å². The Kier molecular flexibility index (Phi) is 3.61. The number of nitrogens with zero attached hydrogens (tertiary/aromatic N) is 1. The molecule has 1 aromatic heterocycles. The smallest absolute Gasteiger partial charge is 0.404 e. The molecule has 0 aliphatic carbocycles. The summed E-state index contributed by atoms with van der Waals surface area (Å²) in [6.45, 7) is 2.19. The lowest BCUT2D eigenvalue weighted by molar-refractivity contribution is -0.402. The average Bonchev–Trinajstić information content (AvgIpc) is 2.62. The van der Waals surface area contributed by atoms with Crippen LogP contribution in [0.3, 0.4) is 0 Å². The molecule has 1 aromatic rings. The standard InChI is InChI=1S/C8H12N2O4/c1-6(5-11)9-4-7-2-3-8(14-7)10(12)13/h2-3,6,9,11H,4-5H2,1H3/t6-/m1/s1. The van der Waals surface area contributed by atoms with Gasteiger partial charge in [-0.15, -0.1) is 0 Å². The van der Waals surface area contributed by atoms with E-state index in [0.717, 1.165) is 0 Å². The second-order valence-corrected chi connectivity index (χ2v) is 2.96. The molecule has 0 amide bonds. The molecule has 1 rings (SSSR count). The second-order valence-electron chi connectivity index (χ2n) is 2.96. The van der Waals surface area contributed by atoms with E-state index in [0.29, 0.717) is 12.3 Å². The van der Waals surface area contributed by atoms with Crippen LogP contribution in [0.2, 0.25) is 0 Å². The number of aliphatic hydroxyl groups is 1. The highest BCUT2D eigenvalue weighted by Crippen LogP contribution is 2.15. The minimum atomic E-state index is -0.584. The van der Waals surface area contributed by atoms with E-state index in [1.165, 1.54) is 12.1 Å². The van der Waals surface area contributed by atoms with Gasteiger partial charge in [-0.3, -0.25) is 10.1 Å². The van der Waals surface area contributed by atoms with Crippen molar-refractivity contribution in [2.24, 2.45) is 0 Å². The predicted octanol–water partition coefficient (Wildman–Crippen LogP) is 0.658. The molecule has 6 nitrogen and oxygen atoms in total. The lowest BCUT2D eigenvalue weighted by atomic mass is 10.3. The van der Waals surface area contributed by atoms with E-state index in [1.54, 1.807) is 6.92 Å². The largest absolute Gasteiger partial charge is 0.433 e. The second kappa shape index (κ2) is 4.73. The molecular formula is C8H12N2O4. The summed E-state index contributed by atoms with van der Waals surface area (Å²) in [7, 11) is 0. The first-order chi connectivity index (χ1) is 6.63. The Bertz CT molecular complexity index is 310. The third kappa shape index (κ3) is 2.82. The number of nitro groups is 1. The Morgan fingerprint density at radius 3 is 2.93 bits per heavy atom.